The van der Waals surface area contributed by atoms with Crippen LogP contribution < -0.4 is 0 Å². The van der Waals surface area contributed by atoms with E-state index in [4.69, 9.17) is 5.26 Å². The van der Waals surface area contributed by atoms with Gasteiger partial charge < -0.3 is 10.2 Å². The van der Waals surface area contributed by atoms with E-state index in [1.165, 1.54) is 19.1 Å². The minimum Gasteiger partial charge on any atom is -0.389 e. The molecular weight excluding hydrogens is 257 g/mol. The normalized spacial score (nSPS) is 13.7. The molecule has 1 rings (SSSR count). The topological polar surface area (TPSA) is 81.3 Å². The molecule has 0 spiro atoms. The molecule has 0 aliphatic rings. The summed E-state index contributed by atoms with van der Waals surface area (Å²) in [6.45, 7) is 1.35. The van der Waals surface area contributed by atoms with Gasteiger partial charge in [-0.25, -0.2) is 4.39 Å². The van der Waals surface area contributed by atoms with Crippen molar-refractivity contribution in [3.05, 3.63) is 35.1 Å². The van der Waals surface area contributed by atoms with Gasteiger partial charge in [0.25, 0.3) is 0 Å². The van der Waals surface area contributed by atoms with Gasteiger partial charge in [-0.3, -0.25) is 4.79 Å². The summed E-state index contributed by atoms with van der Waals surface area (Å²) < 4.78 is 13.3. The van der Waals surface area contributed by atoms with Gasteiger partial charge in [0, 0.05) is 12.7 Å². The molecule has 0 bridgehead atoms. The largest absolute Gasteiger partial charge is 0.389 e. The fourth-order valence-corrected chi connectivity index (χ4v) is 1.91. The van der Waals surface area contributed by atoms with Crippen molar-refractivity contribution in [2.45, 2.75) is 19.1 Å². The van der Waals surface area contributed by atoms with Crippen LogP contribution in [0.3, 0.4) is 0 Å². The van der Waals surface area contributed by atoms with Crippen LogP contribution >= 0.6 is 11.8 Å². The number of rotatable bonds is 4. The van der Waals surface area contributed by atoms with E-state index in [2.05, 4.69) is 0 Å². The Labute approximate surface area is 108 Å². The number of carbonyl (C=O) groups excluding carboxylic acids is 1. The summed E-state index contributed by atoms with van der Waals surface area (Å²) in [6.07, 6.45) is -2.47. The molecule has 1 aromatic rings. The first-order valence-electron chi connectivity index (χ1n) is 5.14. The first kappa shape index (κ1) is 14.6. The van der Waals surface area contributed by atoms with Crippen LogP contribution in [-0.4, -0.2) is 27.2 Å². The number of hydrogen-bond donors (Lipinski definition) is 2. The van der Waals surface area contributed by atoms with Crippen molar-refractivity contribution in [1.29, 1.82) is 5.26 Å². The maximum absolute atomic E-state index is 13.3. The van der Waals surface area contributed by atoms with Crippen molar-refractivity contribution in [1.82, 2.24) is 0 Å². The van der Waals surface area contributed by atoms with E-state index in [-0.39, 0.29) is 22.0 Å². The van der Waals surface area contributed by atoms with E-state index < -0.39 is 18.0 Å². The molecule has 0 radical (unpaired) electrons. The van der Waals surface area contributed by atoms with E-state index >= 15 is 0 Å². The Morgan fingerprint density at radius 2 is 2.22 bits per heavy atom. The lowest BCUT2D eigenvalue weighted by Crippen LogP contribution is -2.21. The molecule has 2 N–H and O–H groups in total. The van der Waals surface area contributed by atoms with Crippen molar-refractivity contribution < 1.29 is 19.4 Å². The average molecular weight is 269 g/mol. The van der Waals surface area contributed by atoms with Gasteiger partial charge in [0.05, 0.1) is 11.7 Å². The number of nitriles is 1. The lowest BCUT2D eigenvalue weighted by atomic mass is 10.0. The molecule has 96 valence electrons. The van der Waals surface area contributed by atoms with Crippen molar-refractivity contribution in [2.75, 3.05) is 5.75 Å². The van der Waals surface area contributed by atoms with Gasteiger partial charge in [-0.05, 0) is 17.7 Å². The lowest BCUT2D eigenvalue weighted by molar-refractivity contribution is -0.109. The predicted molar refractivity (Wildman–Crippen MR) is 65.2 cm³/mol. The Balaban J connectivity index is 2.78. The second kappa shape index (κ2) is 6.50. The standard InChI is InChI=1S/C12H12FNO3S/c1-7(15)18-6-11(16)12(17)8-2-3-9(5-14)10(13)4-8/h2-4,11-12,16-17H,6H2,1H3. The van der Waals surface area contributed by atoms with Crippen LogP contribution in [0.4, 0.5) is 4.39 Å². The van der Waals surface area contributed by atoms with E-state index in [1.807, 2.05) is 0 Å². The van der Waals surface area contributed by atoms with Gasteiger partial charge in [0.15, 0.2) is 5.12 Å². The van der Waals surface area contributed by atoms with Crippen LogP contribution in [0, 0.1) is 17.1 Å². The third-order valence-corrected chi connectivity index (χ3v) is 3.19. The highest BCUT2D eigenvalue weighted by Gasteiger charge is 2.20. The minimum atomic E-state index is -1.29. The van der Waals surface area contributed by atoms with Gasteiger partial charge >= 0.3 is 0 Å². The van der Waals surface area contributed by atoms with Crippen LogP contribution in [0.1, 0.15) is 24.2 Å². The molecule has 4 nitrogen and oxygen atoms in total. The third kappa shape index (κ3) is 3.81. The molecule has 0 fully saturated rings. The quantitative estimate of drug-likeness (QED) is 0.862. The van der Waals surface area contributed by atoms with Crippen LogP contribution in [0.2, 0.25) is 0 Å². The molecule has 0 aromatic heterocycles. The Morgan fingerprint density at radius 3 is 2.72 bits per heavy atom. The molecule has 0 saturated heterocycles. The molecule has 0 aliphatic carbocycles. The van der Waals surface area contributed by atoms with Gasteiger partial charge in [-0.2, -0.15) is 5.26 Å². The molecule has 0 amide bonds. The molecule has 2 atom stereocenters. The fraction of sp³-hybridized carbons (Fsp3) is 0.333. The summed E-state index contributed by atoms with van der Waals surface area (Å²) >= 11 is 0.879. The zero-order valence-corrected chi connectivity index (χ0v) is 10.4. The number of halogens is 1. The Hall–Kier alpha value is -1.42. The van der Waals surface area contributed by atoms with Gasteiger partial charge in [0.2, 0.25) is 0 Å². The molecule has 0 aliphatic heterocycles. The number of thioether (sulfide) groups is 1. The first-order chi connectivity index (χ1) is 8.45. The highest BCUT2D eigenvalue weighted by molar-refractivity contribution is 8.13. The highest BCUT2D eigenvalue weighted by atomic mass is 32.2. The number of carbonyl (C=O) groups is 1. The van der Waals surface area contributed by atoms with Gasteiger partial charge in [-0.15, -0.1) is 0 Å². The number of aliphatic hydroxyl groups excluding tert-OH is 2. The highest BCUT2D eigenvalue weighted by Crippen LogP contribution is 2.22. The zero-order valence-electron chi connectivity index (χ0n) is 9.63. The van der Waals surface area contributed by atoms with Crippen molar-refractivity contribution in [3.63, 3.8) is 0 Å². The maximum atomic E-state index is 13.3. The molecule has 1 aromatic carbocycles. The molecule has 2 unspecified atom stereocenters. The Kier molecular flexibility index (Phi) is 5.28. The number of nitrogens with zero attached hydrogens (tertiary/aromatic N) is 1. The van der Waals surface area contributed by atoms with Gasteiger partial charge in [0.1, 0.15) is 18.0 Å². The lowest BCUT2D eigenvalue weighted by Gasteiger charge is -2.17. The molecule has 0 saturated carbocycles. The van der Waals surface area contributed by atoms with Crippen LogP contribution in [0.25, 0.3) is 0 Å². The summed E-state index contributed by atoms with van der Waals surface area (Å²) in [4.78, 5) is 10.7. The second-order valence-corrected chi connectivity index (χ2v) is 4.86. The zero-order chi connectivity index (χ0) is 13.7. The van der Waals surface area contributed by atoms with Crippen molar-refractivity contribution in [2.24, 2.45) is 0 Å². The van der Waals surface area contributed by atoms with Crippen LogP contribution in [0.5, 0.6) is 0 Å². The predicted octanol–water partition coefficient (Wildman–Crippen LogP) is 1.37. The summed E-state index contributed by atoms with van der Waals surface area (Å²) in [5.41, 5.74) is 0.0432. The average Bonchev–Trinajstić information content (AvgIpc) is 2.34. The Morgan fingerprint density at radius 1 is 1.56 bits per heavy atom. The van der Waals surface area contributed by atoms with Gasteiger partial charge in [-0.1, -0.05) is 17.8 Å². The van der Waals surface area contributed by atoms with Crippen LogP contribution in [-0.2, 0) is 4.79 Å². The Bertz CT molecular complexity index is 487. The molecule has 18 heavy (non-hydrogen) atoms. The third-order valence-electron chi connectivity index (χ3n) is 2.28. The summed E-state index contributed by atoms with van der Waals surface area (Å²) in [5, 5.41) is 27.8. The smallest absolute Gasteiger partial charge is 0.185 e. The van der Waals surface area contributed by atoms with Crippen LogP contribution in [0.15, 0.2) is 18.2 Å². The summed E-state index contributed by atoms with van der Waals surface area (Å²) in [5.74, 6) is -0.724. The molecule has 0 heterocycles. The number of aliphatic hydroxyl groups is 2. The molecule has 6 heteroatoms. The number of benzene rings is 1. The van der Waals surface area contributed by atoms with E-state index in [0.717, 1.165) is 17.8 Å². The SMILES string of the molecule is CC(=O)SCC(O)C(O)c1ccc(C#N)c(F)c1. The minimum absolute atomic E-state index is 0.0259. The fourth-order valence-electron chi connectivity index (χ4n) is 1.32. The summed E-state index contributed by atoms with van der Waals surface area (Å²) in [7, 11) is 0. The summed E-state index contributed by atoms with van der Waals surface area (Å²) in [6, 6.07) is 5.27. The van der Waals surface area contributed by atoms with E-state index in [9.17, 15) is 19.4 Å². The first-order valence-corrected chi connectivity index (χ1v) is 6.13. The maximum Gasteiger partial charge on any atom is 0.185 e. The second-order valence-electron chi connectivity index (χ2n) is 3.67. The molecular formula is C12H12FNO3S. The van der Waals surface area contributed by atoms with Crippen molar-refractivity contribution in [3.8, 4) is 6.07 Å². The number of hydrogen-bond acceptors (Lipinski definition) is 5. The van der Waals surface area contributed by atoms with E-state index in [1.54, 1.807) is 6.07 Å². The van der Waals surface area contributed by atoms with Crippen molar-refractivity contribution >= 4 is 16.9 Å². The monoisotopic (exact) mass is 269 g/mol. The van der Waals surface area contributed by atoms with E-state index in [0.29, 0.717) is 0 Å².